The lowest BCUT2D eigenvalue weighted by molar-refractivity contribution is -0.139. The maximum Gasteiger partial charge on any atom is 0.244 e. The van der Waals surface area contributed by atoms with Gasteiger partial charge in [-0.2, -0.15) is 0 Å². The van der Waals surface area contributed by atoms with Gasteiger partial charge in [-0.25, -0.2) is 8.42 Å². The van der Waals surface area contributed by atoms with Crippen LogP contribution in [0, 0.1) is 0 Å². The van der Waals surface area contributed by atoms with E-state index in [1.54, 1.807) is 31.2 Å². The molecule has 2 aromatic rings. The highest BCUT2D eigenvalue weighted by atomic mass is 35.5. The van der Waals surface area contributed by atoms with E-state index in [-0.39, 0.29) is 31.0 Å². The highest BCUT2D eigenvalue weighted by Gasteiger charge is 2.32. The second-order valence-corrected chi connectivity index (χ2v) is 12.3. The third-order valence-corrected chi connectivity index (χ3v) is 8.68. The second kappa shape index (κ2) is 12.0. The number of sulfonamides is 1. The van der Waals surface area contributed by atoms with Crippen molar-refractivity contribution in [3.8, 4) is 11.5 Å². The number of fused-ring (bicyclic) bond motifs is 1. The molecule has 0 aromatic heterocycles. The summed E-state index contributed by atoms with van der Waals surface area (Å²) >= 11 is 12.8. The lowest BCUT2D eigenvalue weighted by Gasteiger charge is -2.33. The third-order valence-electron chi connectivity index (χ3n) is 6.83. The molecule has 1 N–H and O–H groups in total. The molecule has 0 bridgehead atoms. The molecule has 38 heavy (non-hydrogen) atoms. The monoisotopic (exact) mass is 583 g/mol. The van der Waals surface area contributed by atoms with Crippen molar-refractivity contribution in [1.29, 1.82) is 0 Å². The summed E-state index contributed by atoms with van der Waals surface area (Å²) in [5, 5.41) is 3.73. The van der Waals surface area contributed by atoms with Gasteiger partial charge in [0.1, 0.15) is 12.6 Å². The first-order chi connectivity index (χ1) is 18.0. The summed E-state index contributed by atoms with van der Waals surface area (Å²) in [6.45, 7) is 1.03. The van der Waals surface area contributed by atoms with Crippen molar-refractivity contribution in [2.45, 2.75) is 57.7 Å². The Labute approximate surface area is 233 Å². The summed E-state index contributed by atoms with van der Waals surface area (Å²) in [7, 11) is -3.89. The molecule has 1 aliphatic carbocycles. The summed E-state index contributed by atoms with van der Waals surface area (Å²) < 4.78 is 37.2. The average molecular weight is 585 g/mol. The smallest absolute Gasteiger partial charge is 0.244 e. The number of benzene rings is 2. The molecular formula is C26H31Cl2N3O6S. The largest absolute Gasteiger partial charge is 0.454 e. The fraction of sp³-hybridized carbons (Fsp3) is 0.462. The van der Waals surface area contributed by atoms with E-state index in [2.05, 4.69) is 5.32 Å². The predicted octanol–water partition coefficient (Wildman–Crippen LogP) is 4.35. The SMILES string of the molecule is C[C@H](C(=O)NC1CCCCC1)N(Cc1c(Cl)cccc1Cl)C(=O)CN(c1ccc2c(c1)OCO2)S(C)(=O)=O. The summed E-state index contributed by atoms with van der Waals surface area (Å²) in [6.07, 6.45) is 5.99. The number of hydrogen-bond donors (Lipinski definition) is 1. The molecular weight excluding hydrogens is 553 g/mol. The van der Waals surface area contributed by atoms with Crippen molar-refractivity contribution >= 4 is 50.7 Å². The molecule has 0 unspecified atom stereocenters. The van der Waals surface area contributed by atoms with Gasteiger partial charge in [-0.3, -0.25) is 13.9 Å². The topological polar surface area (TPSA) is 105 Å². The van der Waals surface area contributed by atoms with Crippen LogP contribution in [0.1, 0.15) is 44.6 Å². The number of rotatable bonds is 9. The van der Waals surface area contributed by atoms with E-state index in [0.717, 1.165) is 42.7 Å². The zero-order chi connectivity index (χ0) is 27.4. The van der Waals surface area contributed by atoms with Crippen LogP contribution in [0.2, 0.25) is 10.0 Å². The van der Waals surface area contributed by atoms with E-state index in [1.807, 2.05) is 0 Å². The quantitative estimate of drug-likeness (QED) is 0.470. The number of anilines is 1. The Morgan fingerprint density at radius 2 is 1.71 bits per heavy atom. The molecule has 1 fully saturated rings. The van der Waals surface area contributed by atoms with Crippen LogP contribution in [-0.2, 0) is 26.2 Å². The van der Waals surface area contributed by atoms with Gasteiger partial charge in [0.25, 0.3) is 0 Å². The molecule has 206 valence electrons. The van der Waals surface area contributed by atoms with Crippen molar-refractivity contribution in [3.05, 3.63) is 52.0 Å². The highest BCUT2D eigenvalue weighted by Crippen LogP contribution is 2.36. The van der Waals surface area contributed by atoms with Crippen molar-refractivity contribution in [3.63, 3.8) is 0 Å². The molecule has 2 aliphatic rings. The highest BCUT2D eigenvalue weighted by molar-refractivity contribution is 7.92. The van der Waals surface area contributed by atoms with E-state index >= 15 is 0 Å². The standard InChI is InChI=1S/C26H31Cl2N3O6S/c1-17(26(33)29-18-7-4-3-5-8-18)30(14-20-21(27)9-6-10-22(20)28)25(32)15-31(38(2,34)35)19-11-12-23-24(13-19)37-16-36-23/h6,9-13,17-18H,3-5,7-8,14-16H2,1-2H3,(H,29,33)/t17-/m1/s1. The van der Waals surface area contributed by atoms with E-state index in [0.29, 0.717) is 27.1 Å². The normalized spacial score (nSPS) is 16.1. The van der Waals surface area contributed by atoms with Crippen molar-refractivity contribution in [2.24, 2.45) is 0 Å². The van der Waals surface area contributed by atoms with Gasteiger partial charge < -0.3 is 19.7 Å². The average Bonchev–Trinajstić information content (AvgIpc) is 3.34. The summed E-state index contributed by atoms with van der Waals surface area (Å²) in [4.78, 5) is 28.4. The van der Waals surface area contributed by atoms with E-state index in [1.165, 1.54) is 17.0 Å². The minimum atomic E-state index is -3.89. The van der Waals surface area contributed by atoms with Crippen LogP contribution in [0.4, 0.5) is 5.69 Å². The zero-order valence-electron chi connectivity index (χ0n) is 21.3. The molecule has 1 aliphatic heterocycles. The zero-order valence-corrected chi connectivity index (χ0v) is 23.6. The van der Waals surface area contributed by atoms with Gasteiger partial charge in [0.2, 0.25) is 28.6 Å². The van der Waals surface area contributed by atoms with Gasteiger partial charge >= 0.3 is 0 Å². The number of ether oxygens (including phenoxy) is 2. The molecule has 0 saturated heterocycles. The molecule has 2 aromatic carbocycles. The van der Waals surface area contributed by atoms with Crippen LogP contribution in [0.15, 0.2) is 36.4 Å². The molecule has 0 spiro atoms. The van der Waals surface area contributed by atoms with Crippen LogP contribution in [0.5, 0.6) is 11.5 Å². The molecule has 0 radical (unpaired) electrons. The van der Waals surface area contributed by atoms with Gasteiger partial charge in [0.15, 0.2) is 11.5 Å². The molecule has 1 heterocycles. The Bertz CT molecular complexity index is 1280. The number of nitrogens with one attached hydrogen (secondary N) is 1. The Balaban J connectivity index is 1.62. The van der Waals surface area contributed by atoms with Crippen LogP contribution in [-0.4, -0.2) is 56.8 Å². The van der Waals surface area contributed by atoms with Crippen LogP contribution in [0.25, 0.3) is 0 Å². The lowest BCUT2D eigenvalue weighted by Crippen LogP contribution is -2.53. The number of carbonyl (C=O) groups is 2. The fourth-order valence-corrected chi connectivity index (χ4v) is 6.02. The van der Waals surface area contributed by atoms with Crippen molar-refractivity contribution < 1.29 is 27.5 Å². The van der Waals surface area contributed by atoms with Gasteiger partial charge in [-0.15, -0.1) is 0 Å². The van der Waals surface area contributed by atoms with E-state index in [9.17, 15) is 18.0 Å². The predicted molar refractivity (Wildman–Crippen MR) is 146 cm³/mol. The maximum atomic E-state index is 13.8. The molecule has 12 heteroatoms. The molecule has 4 rings (SSSR count). The Morgan fingerprint density at radius 1 is 1.05 bits per heavy atom. The van der Waals surface area contributed by atoms with E-state index < -0.39 is 28.5 Å². The number of carbonyl (C=O) groups excluding carboxylic acids is 2. The minimum absolute atomic E-state index is 0.0244. The Hall–Kier alpha value is -2.69. The van der Waals surface area contributed by atoms with Crippen LogP contribution < -0.4 is 19.1 Å². The second-order valence-electron chi connectivity index (χ2n) is 9.55. The summed E-state index contributed by atoms with van der Waals surface area (Å²) in [5.41, 5.74) is 0.704. The fourth-order valence-electron chi connectivity index (χ4n) is 4.66. The van der Waals surface area contributed by atoms with E-state index in [4.69, 9.17) is 32.7 Å². The number of halogens is 2. The molecule has 9 nitrogen and oxygen atoms in total. The van der Waals surface area contributed by atoms with Gasteiger partial charge in [0.05, 0.1) is 11.9 Å². The van der Waals surface area contributed by atoms with Gasteiger partial charge in [-0.1, -0.05) is 48.5 Å². The molecule has 1 saturated carbocycles. The maximum absolute atomic E-state index is 13.8. The first kappa shape index (κ1) is 28.3. The number of hydrogen-bond acceptors (Lipinski definition) is 6. The first-order valence-corrected chi connectivity index (χ1v) is 15.0. The van der Waals surface area contributed by atoms with Crippen LogP contribution >= 0.6 is 23.2 Å². The third kappa shape index (κ3) is 6.65. The lowest BCUT2D eigenvalue weighted by atomic mass is 9.95. The van der Waals surface area contributed by atoms with Gasteiger partial charge in [0, 0.05) is 34.3 Å². The summed E-state index contributed by atoms with van der Waals surface area (Å²) in [5.74, 6) is -0.0437. The molecule has 1 atom stereocenters. The van der Waals surface area contributed by atoms with Crippen molar-refractivity contribution in [2.75, 3.05) is 23.9 Å². The van der Waals surface area contributed by atoms with Crippen molar-refractivity contribution in [1.82, 2.24) is 10.2 Å². The van der Waals surface area contributed by atoms with Gasteiger partial charge in [-0.05, 0) is 44.0 Å². The number of amides is 2. The van der Waals surface area contributed by atoms with Crippen LogP contribution in [0.3, 0.4) is 0 Å². The summed E-state index contributed by atoms with van der Waals surface area (Å²) in [6, 6.07) is 8.74. The minimum Gasteiger partial charge on any atom is -0.454 e. The molecule has 2 amide bonds. The Morgan fingerprint density at radius 3 is 2.37 bits per heavy atom. The number of nitrogens with zero attached hydrogens (tertiary/aromatic N) is 2. The first-order valence-electron chi connectivity index (χ1n) is 12.4. The Kier molecular flexibility index (Phi) is 8.95.